The van der Waals surface area contributed by atoms with Crippen LogP contribution in [0.15, 0.2) is 0 Å². The summed E-state index contributed by atoms with van der Waals surface area (Å²) in [5, 5.41) is 1.13. The number of carbonyl (C=O) groups excluding carboxylic acids is 1. The molecule has 0 saturated heterocycles. The predicted octanol–water partition coefficient (Wildman–Crippen LogP) is 3.36. The normalized spacial score (nSPS) is 28.5. The van der Waals surface area contributed by atoms with Crippen molar-refractivity contribution in [3.63, 3.8) is 0 Å². The molecule has 0 aromatic heterocycles. The second-order valence-corrected chi connectivity index (χ2v) is 7.93. The molecule has 19 heavy (non-hydrogen) atoms. The second kappa shape index (κ2) is 7.53. The van der Waals surface area contributed by atoms with Crippen LogP contribution in [-0.2, 0) is 9.53 Å². The summed E-state index contributed by atoms with van der Waals surface area (Å²) in [6.45, 7) is 8.51. The Hall–Kier alpha value is -0.220. The van der Waals surface area contributed by atoms with Gasteiger partial charge in [0.2, 0.25) is 0 Å². The number of hydrogen-bond donors (Lipinski definition) is 1. The van der Waals surface area contributed by atoms with Crippen LogP contribution < -0.4 is 5.73 Å². The average molecular weight is 287 g/mol. The van der Waals surface area contributed by atoms with Gasteiger partial charge in [-0.3, -0.25) is 4.79 Å². The Morgan fingerprint density at radius 1 is 1.53 bits per heavy atom. The fourth-order valence-corrected chi connectivity index (χ4v) is 4.70. The van der Waals surface area contributed by atoms with Gasteiger partial charge in [-0.05, 0) is 39.0 Å². The van der Waals surface area contributed by atoms with Crippen molar-refractivity contribution in [3.05, 3.63) is 0 Å². The van der Waals surface area contributed by atoms with E-state index in [-0.39, 0.29) is 5.97 Å². The highest BCUT2D eigenvalue weighted by Gasteiger charge is 2.33. The summed E-state index contributed by atoms with van der Waals surface area (Å²) in [5.41, 5.74) is 5.23. The van der Waals surface area contributed by atoms with E-state index in [0.29, 0.717) is 18.3 Å². The van der Waals surface area contributed by atoms with Crippen LogP contribution in [0, 0.1) is 5.92 Å². The molecule has 3 nitrogen and oxygen atoms in total. The quantitative estimate of drug-likeness (QED) is 0.761. The van der Waals surface area contributed by atoms with E-state index >= 15 is 0 Å². The van der Waals surface area contributed by atoms with E-state index in [0.717, 1.165) is 11.2 Å². The third-order valence-corrected chi connectivity index (χ3v) is 5.21. The van der Waals surface area contributed by atoms with E-state index in [4.69, 9.17) is 10.5 Å². The van der Waals surface area contributed by atoms with Gasteiger partial charge in [-0.1, -0.05) is 26.7 Å². The van der Waals surface area contributed by atoms with E-state index in [2.05, 4.69) is 13.8 Å². The van der Waals surface area contributed by atoms with E-state index in [1.165, 1.54) is 25.7 Å². The topological polar surface area (TPSA) is 52.3 Å². The van der Waals surface area contributed by atoms with Crippen molar-refractivity contribution in [2.45, 2.75) is 75.8 Å². The number of carbonyl (C=O) groups is 1. The van der Waals surface area contributed by atoms with Gasteiger partial charge in [-0.25, -0.2) is 0 Å². The minimum absolute atomic E-state index is 0.278. The number of ether oxygens (including phenoxy) is 1. The third-order valence-electron chi connectivity index (χ3n) is 3.77. The van der Waals surface area contributed by atoms with Gasteiger partial charge >= 0.3 is 5.97 Å². The summed E-state index contributed by atoms with van der Waals surface area (Å²) in [5.74, 6) is 0.562. The maximum absolute atomic E-state index is 11.8. The Kier molecular flexibility index (Phi) is 6.67. The lowest BCUT2D eigenvalue weighted by Gasteiger charge is -2.31. The number of nitrogens with two attached hydrogens (primary N) is 1. The lowest BCUT2D eigenvalue weighted by Crippen LogP contribution is -2.48. The Bertz CT molecular complexity index is 294. The molecule has 0 aromatic carbocycles. The molecule has 0 bridgehead atoms. The van der Waals surface area contributed by atoms with Crippen LogP contribution in [-0.4, -0.2) is 28.6 Å². The zero-order chi connectivity index (χ0) is 14.5. The Morgan fingerprint density at radius 3 is 2.79 bits per heavy atom. The smallest absolute Gasteiger partial charge is 0.325 e. The highest BCUT2D eigenvalue weighted by Crippen LogP contribution is 2.35. The van der Waals surface area contributed by atoms with Crippen molar-refractivity contribution < 1.29 is 9.53 Å². The molecule has 1 aliphatic rings. The van der Waals surface area contributed by atoms with Crippen LogP contribution >= 0.6 is 11.8 Å². The Labute approximate surface area is 122 Å². The molecule has 112 valence electrons. The molecule has 1 rings (SSSR count). The van der Waals surface area contributed by atoms with Crippen molar-refractivity contribution in [1.29, 1.82) is 0 Å². The zero-order valence-electron chi connectivity index (χ0n) is 12.8. The predicted molar refractivity (Wildman–Crippen MR) is 82.3 cm³/mol. The second-order valence-electron chi connectivity index (χ2n) is 6.18. The van der Waals surface area contributed by atoms with E-state index < -0.39 is 5.54 Å². The van der Waals surface area contributed by atoms with Crippen LogP contribution in [0.3, 0.4) is 0 Å². The Balaban J connectivity index is 2.41. The summed E-state index contributed by atoms with van der Waals surface area (Å²) in [4.78, 5) is 11.8. The molecule has 4 atom stereocenters. The molecule has 2 N–H and O–H groups in total. The first-order valence-corrected chi connectivity index (χ1v) is 8.41. The Morgan fingerprint density at radius 2 is 2.21 bits per heavy atom. The number of rotatable bonds is 6. The number of hydrogen-bond acceptors (Lipinski definition) is 4. The first kappa shape index (κ1) is 16.8. The third kappa shape index (κ3) is 5.74. The van der Waals surface area contributed by atoms with Gasteiger partial charge in [-0.2, -0.15) is 11.8 Å². The summed E-state index contributed by atoms with van der Waals surface area (Å²) in [7, 11) is 0. The van der Waals surface area contributed by atoms with E-state index in [9.17, 15) is 4.79 Å². The maximum Gasteiger partial charge on any atom is 0.325 e. The lowest BCUT2D eigenvalue weighted by molar-refractivity contribution is -0.149. The average Bonchev–Trinajstić information content (AvgIpc) is 2.28. The molecule has 0 aliphatic heterocycles. The molecule has 0 amide bonds. The van der Waals surface area contributed by atoms with Crippen LogP contribution in [0.1, 0.15) is 59.8 Å². The summed E-state index contributed by atoms with van der Waals surface area (Å²) in [6, 6.07) is 0. The fraction of sp³-hybridized carbons (Fsp3) is 0.933. The van der Waals surface area contributed by atoms with Crippen LogP contribution in [0.4, 0.5) is 0 Å². The van der Waals surface area contributed by atoms with Crippen molar-refractivity contribution in [2.24, 2.45) is 11.7 Å². The highest BCUT2D eigenvalue weighted by atomic mass is 32.2. The van der Waals surface area contributed by atoms with Crippen molar-refractivity contribution in [3.8, 4) is 0 Å². The van der Waals surface area contributed by atoms with E-state index in [1.54, 1.807) is 6.92 Å². The molecule has 0 aromatic rings. The monoisotopic (exact) mass is 287 g/mol. The standard InChI is InChI=1S/C15H29NO2S/c1-5-18-14(17)15(4,16)10-12(3)19-13-8-6-7-11(2)9-13/h11-13H,5-10,16H2,1-4H3. The molecule has 4 heteroatoms. The molecular weight excluding hydrogens is 258 g/mol. The minimum Gasteiger partial charge on any atom is -0.465 e. The summed E-state index contributed by atoms with van der Waals surface area (Å²) in [6.07, 6.45) is 5.99. The molecule has 0 heterocycles. The van der Waals surface area contributed by atoms with Crippen LogP contribution in [0.2, 0.25) is 0 Å². The molecule has 1 aliphatic carbocycles. The van der Waals surface area contributed by atoms with Crippen molar-refractivity contribution in [2.75, 3.05) is 6.61 Å². The molecule has 4 unspecified atom stereocenters. The van der Waals surface area contributed by atoms with Gasteiger partial charge in [0.05, 0.1) is 6.61 Å². The van der Waals surface area contributed by atoms with Gasteiger partial charge in [-0.15, -0.1) is 0 Å². The first-order chi connectivity index (χ1) is 8.85. The first-order valence-electron chi connectivity index (χ1n) is 7.46. The molecule has 0 radical (unpaired) electrons. The number of esters is 1. The van der Waals surface area contributed by atoms with Gasteiger partial charge in [0.1, 0.15) is 5.54 Å². The van der Waals surface area contributed by atoms with Gasteiger partial charge in [0.15, 0.2) is 0 Å². The summed E-state index contributed by atoms with van der Waals surface area (Å²) >= 11 is 2.00. The van der Waals surface area contributed by atoms with Gasteiger partial charge in [0, 0.05) is 10.5 Å². The number of thioether (sulfide) groups is 1. The molecule has 1 saturated carbocycles. The van der Waals surface area contributed by atoms with Crippen molar-refractivity contribution >= 4 is 17.7 Å². The van der Waals surface area contributed by atoms with Crippen LogP contribution in [0.25, 0.3) is 0 Å². The SMILES string of the molecule is CCOC(=O)C(C)(N)CC(C)SC1CCCC(C)C1. The van der Waals surface area contributed by atoms with Crippen molar-refractivity contribution in [1.82, 2.24) is 0 Å². The maximum atomic E-state index is 11.8. The van der Waals surface area contributed by atoms with Crippen LogP contribution in [0.5, 0.6) is 0 Å². The van der Waals surface area contributed by atoms with Gasteiger partial charge < -0.3 is 10.5 Å². The minimum atomic E-state index is -0.858. The zero-order valence-corrected chi connectivity index (χ0v) is 13.6. The largest absolute Gasteiger partial charge is 0.465 e. The van der Waals surface area contributed by atoms with E-state index in [1.807, 2.05) is 18.7 Å². The summed E-state index contributed by atoms with van der Waals surface area (Å²) < 4.78 is 5.04. The molecular formula is C15H29NO2S. The molecule has 1 fully saturated rings. The highest BCUT2D eigenvalue weighted by molar-refractivity contribution is 8.00. The fourth-order valence-electron chi connectivity index (χ4n) is 2.86. The van der Waals surface area contributed by atoms with Gasteiger partial charge in [0.25, 0.3) is 0 Å². The molecule has 0 spiro atoms. The lowest BCUT2D eigenvalue weighted by atomic mass is 9.90.